The van der Waals surface area contributed by atoms with Gasteiger partial charge >= 0.3 is 0 Å². The molecule has 1 heterocycles. The van der Waals surface area contributed by atoms with Crippen LogP contribution in [0, 0.1) is 11.6 Å². The Morgan fingerprint density at radius 1 is 1.07 bits per heavy atom. The van der Waals surface area contributed by atoms with Crippen LogP contribution in [0.25, 0.3) is 0 Å². The summed E-state index contributed by atoms with van der Waals surface area (Å²) in [6, 6.07) is 11.9. The number of amidine groups is 1. The molecule has 0 spiro atoms. The monoisotopic (exact) mass is 370 g/mol. The van der Waals surface area contributed by atoms with Crippen molar-refractivity contribution in [1.82, 2.24) is 5.32 Å². The van der Waals surface area contributed by atoms with Gasteiger partial charge < -0.3 is 16.4 Å². The zero-order valence-corrected chi connectivity index (χ0v) is 15.1. The molecule has 0 aromatic heterocycles. The second kappa shape index (κ2) is 7.27. The van der Waals surface area contributed by atoms with Crippen LogP contribution in [0.2, 0.25) is 0 Å². The lowest BCUT2D eigenvalue weighted by molar-refractivity contribution is 0.405. The highest BCUT2D eigenvalue weighted by molar-refractivity contribution is 6.00. The molecule has 2 aromatic rings. The zero-order chi connectivity index (χ0) is 18.9. The third kappa shape index (κ3) is 3.81. The van der Waals surface area contributed by atoms with E-state index in [2.05, 4.69) is 10.6 Å². The van der Waals surface area contributed by atoms with Crippen LogP contribution < -0.4 is 16.4 Å². The second-order valence-corrected chi connectivity index (χ2v) is 7.48. The Morgan fingerprint density at radius 3 is 2.63 bits per heavy atom. The van der Waals surface area contributed by atoms with E-state index < -0.39 is 17.3 Å². The first-order valence-electron chi connectivity index (χ1n) is 9.49. The van der Waals surface area contributed by atoms with E-state index >= 15 is 0 Å². The average molecular weight is 370 g/mol. The number of benzene rings is 2. The van der Waals surface area contributed by atoms with E-state index in [-0.39, 0.29) is 6.42 Å². The number of hydrogen-bond acceptors (Lipinski definition) is 4. The molecule has 27 heavy (non-hydrogen) atoms. The van der Waals surface area contributed by atoms with Crippen LogP contribution in [0.1, 0.15) is 37.7 Å². The van der Waals surface area contributed by atoms with Gasteiger partial charge in [0.05, 0.1) is 11.4 Å². The molecule has 1 atom stereocenters. The summed E-state index contributed by atoms with van der Waals surface area (Å²) < 4.78 is 27.0. The van der Waals surface area contributed by atoms with Gasteiger partial charge in [-0.15, -0.1) is 0 Å². The summed E-state index contributed by atoms with van der Waals surface area (Å²) in [6.07, 6.45) is 6.10. The van der Waals surface area contributed by atoms with Crippen LogP contribution in [0.15, 0.2) is 47.5 Å². The molecule has 4 rings (SSSR count). The third-order valence-corrected chi connectivity index (χ3v) is 5.33. The van der Waals surface area contributed by atoms with Gasteiger partial charge in [0.2, 0.25) is 0 Å². The largest absolute Gasteiger partial charge is 0.368 e. The van der Waals surface area contributed by atoms with Crippen LogP contribution >= 0.6 is 0 Å². The number of fused-ring (bicyclic) bond motifs is 1. The number of nitrogens with two attached hydrogens (primary N) is 1. The molecule has 0 bridgehead atoms. The molecule has 0 saturated heterocycles. The molecule has 0 amide bonds. The third-order valence-electron chi connectivity index (χ3n) is 5.33. The quantitative estimate of drug-likeness (QED) is 0.757. The maximum Gasteiger partial charge on any atom is 0.159 e. The number of hydrogen-bond donors (Lipinski definition) is 3. The Hall–Kier alpha value is -2.47. The van der Waals surface area contributed by atoms with Crippen LogP contribution in [-0.2, 0) is 6.42 Å². The number of nitrogens with one attached hydrogen (secondary N) is 2. The minimum absolute atomic E-state index is 0.289. The van der Waals surface area contributed by atoms with Gasteiger partial charge in [0.15, 0.2) is 11.6 Å². The standard InChI is InChI=1S/C21H24F2N4/c22-16-11-10-14(12-17(16)23)13-21(24)20(25-15-6-2-1-3-7-15)26-18-8-4-5-9-19(18)27-21/h4-5,8-12,15,27H,1-3,6-7,13,24H2,(H,25,26). The molecule has 142 valence electrons. The fraction of sp³-hybridized carbons (Fsp3) is 0.381. The van der Waals surface area contributed by atoms with Crippen LogP contribution in [0.5, 0.6) is 0 Å². The smallest absolute Gasteiger partial charge is 0.159 e. The van der Waals surface area contributed by atoms with Gasteiger partial charge in [-0.2, -0.15) is 0 Å². The predicted octanol–water partition coefficient (Wildman–Crippen LogP) is 4.24. The number of rotatable bonds is 3. The second-order valence-electron chi connectivity index (χ2n) is 7.48. The topological polar surface area (TPSA) is 62.4 Å². The summed E-state index contributed by atoms with van der Waals surface area (Å²) in [6.45, 7) is 0. The lowest BCUT2D eigenvalue weighted by atomic mass is 9.92. The molecule has 1 saturated carbocycles. The molecule has 4 nitrogen and oxygen atoms in total. The van der Waals surface area contributed by atoms with E-state index in [1.165, 1.54) is 25.3 Å². The molecule has 1 aliphatic heterocycles. The minimum atomic E-state index is -1.02. The number of aliphatic imine (C=N–C) groups is 1. The summed E-state index contributed by atoms with van der Waals surface area (Å²) >= 11 is 0. The predicted molar refractivity (Wildman–Crippen MR) is 104 cm³/mol. The molecule has 1 unspecified atom stereocenters. The molecule has 1 fully saturated rings. The molecule has 0 radical (unpaired) electrons. The summed E-state index contributed by atoms with van der Waals surface area (Å²) in [7, 11) is 0. The van der Waals surface area contributed by atoms with Crippen molar-refractivity contribution in [1.29, 1.82) is 0 Å². The Morgan fingerprint density at radius 2 is 1.85 bits per heavy atom. The first kappa shape index (κ1) is 17.9. The van der Waals surface area contributed by atoms with Crippen molar-refractivity contribution in [3.8, 4) is 0 Å². The highest BCUT2D eigenvalue weighted by Gasteiger charge is 2.37. The van der Waals surface area contributed by atoms with Crippen molar-refractivity contribution in [3.63, 3.8) is 0 Å². The highest BCUT2D eigenvalue weighted by Crippen LogP contribution is 2.33. The van der Waals surface area contributed by atoms with Gasteiger partial charge in [-0.3, -0.25) is 0 Å². The van der Waals surface area contributed by atoms with Crippen molar-refractivity contribution in [2.75, 3.05) is 5.32 Å². The number of nitrogens with zero attached hydrogens (tertiary/aromatic N) is 1. The van der Waals surface area contributed by atoms with Crippen molar-refractivity contribution in [2.45, 2.75) is 50.2 Å². The number of para-hydroxylation sites is 2. The van der Waals surface area contributed by atoms with Gasteiger partial charge in [-0.05, 0) is 42.7 Å². The van der Waals surface area contributed by atoms with E-state index in [1.807, 2.05) is 24.3 Å². The maximum atomic E-state index is 13.7. The van der Waals surface area contributed by atoms with E-state index in [0.29, 0.717) is 17.4 Å². The molecule has 2 aromatic carbocycles. The average Bonchev–Trinajstić information content (AvgIpc) is 2.66. The van der Waals surface area contributed by atoms with Gasteiger partial charge in [0.1, 0.15) is 11.5 Å². The van der Waals surface area contributed by atoms with Crippen LogP contribution in [0.3, 0.4) is 0 Å². The van der Waals surface area contributed by atoms with Crippen molar-refractivity contribution < 1.29 is 8.78 Å². The molecule has 4 N–H and O–H groups in total. The first-order valence-corrected chi connectivity index (χ1v) is 9.49. The summed E-state index contributed by atoms with van der Waals surface area (Å²) in [5.74, 6) is -1.08. The zero-order valence-electron chi connectivity index (χ0n) is 15.1. The highest BCUT2D eigenvalue weighted by atomic mass is 19.2. The van der Waals surface area contributed by atoms with Crippen molar-refractivity contribution in [3.05, 3.63) is 59.7 Å². The van der Waals surface area contributed by atoms with E-state index in [9.17, 15) is 8.78 Å². The molecule has 1 aliphatic carbocycles. The number of halogens is 2. The Labute approximate surface area is 157 Å². The van der Waals surface area contributed by atoms with E-state index in [4.69, 9.17) is 10.7 Å². The Kier molecular flexibility index (Phi) is 4.83. The van der Waals surface area contributed by atoms with Gasteiger partial charge in [0, 0.05) is 12.5 Å². The SMILES string of the molecule is NC1(Cc2ccc(F)c(F)c2)Nc2ccccc2N=C1NC1CCCCC1. The molecule has 2 aliphatic rings. The lowest BCUT2D eigenvalue weighted by Crippen LogP contribution is -2.63. The summed E-state index contributed by atoms with van der Waals surface area (Å²) in [5.41, 5.74) is 7.98. The fourth-order valence-corrected chi connectivity index (χ4v) is 3.90. The summed E-state index contributed by atoms with van der Waals surface area (Å²) in [5, 5.41) is 6.89. The Balaban J connectivity index is 1.66. The van der Waals surface area contributed by atoms with E-state index in [1.54, 1.807) is 6.07 Å². The molecular formula is C21H24F2N4. The Bertz CT molecular complexity index is 861. The lowest BCUT2D eigenvalue weighted by Gasteiger charge is -2.39. The van der Waals surface area contributed by atoms with Crippen molar-refractivity contribution in [2.24, 2.45) is 10.7 Å². The van der Waals surface area contributed by atoms with Gasteiger partial charge in [0.25, 0.3) is 0 Å². The molecule has 6 heteroatoms. The fourth-order valence-electron chi connectivity index (χ4n) is 3.90. The van der Waals surface area contributed by atoms with Crippen LogP contribution in [0.4, 0.5) is 20.2 Å². The first-order chi connectivity index (χ1) is 13.0. The maximum absolute atomic E-state index is 13.7. The van der Waals surface area contributed by atoms with E-state index in [0.717, 1.165) is 30.3 Å². The number of anilines is 1. The minimum Gasteiger partial charge on any atom is -0.368 e. The normalized spacial score (nSPS) is 22.6. The summed E-state index contributed by atoms with van der Waals surface area (Å²) in [4.78, 5) is 4.78. The van der Waals surface area contributed by atoms with Gasteiger partial charge in [-0.1, -0.05) is 37.5 Å². The van der Waals surface area contributed by atoms with Crippen LogP contribution in [-0.4, -0.2) is 17.5 Å². The molecular weight excluding hydrogens is 346 g/mol. The van der Waals surface area contributed by atoms with Crippen molar-refractivity contribution >= 4 is 17.2 Å². The van der Waals surface area contributed by atoms with Gasteiger partial charge in [-0.25, -0.2) is 13.8 Å².